The van der Waals surface area contributed by atoms with Gasteiger partial charge in [0.1, 0.15) is 0 Å². The van der Waals surface area contributed by atoms with Gasteiger partial charge in [0.2, 0.25) is 5.91 Å². The first kappa shape index (κ1) is 28.0. The summed E-state index contributed by atoms with van der Waals surface area (Å²) in [6, 6.07) is 0. The number of amides is 1. The van der Waals surface area contributed by atoms with Crippen molar-refractivity contribution in [3.05, 3.63) is 0 Å². The van der Waals surface area contributed by atoms with Crippen LogP contribution in [0.3, 0.4) is 0 Å². The molecule has 8 heteroatoms. The molecule has 162 valence electrons. The predicted molar refractivity (Wildman–Crippen MR) is 112 cm³/mol. The number of nitrogens with one attached hydrogen (secondary N) is 4. The molecule has 0 aliphatic heterocycles. The lowest BCUT2D eigenvalue weighted by atomic mass is 10.1. The van der Waals surface area contributed by atoms with E-state index < -0.39 is 5.97 Å². The lowest BCUT2D eigenvalue weighted by Gasteiger charge is -2.08. The molecule has 0 radical (unpaired) electrons. The van der Waals surface area contributed by atoms with E-state index in [9.17, 15) is 4.79 Å². The summed E-state index contributed by atoms with van der Waals surface area (Å²) in [6.45, 7) is 10.2. The molecule has 0 spiro atoms. The highest BCUT2D eigenvalue weighted by molar-refractivity contribution is 5.75. The predicted octanol–water partition coefficient (Wildman–Crippen LogP) is 0.672. The van der Waals surface area contributed by atoms with Crippen LogP contribution >= 0.6 is 0 Å². The van der Waals surface area contributed by atoms with Gasteiger partial charge in [-0.05, 0) is 6.42 Å². The Hall–Kier alpha value is -1.22. The lowest BCUT2D eigenvalue weighted by molar-refractivity contribution is -0.134. The van der Waals surface area contributed by atoms with Crippen molar-refractivity contribution in [2.75, 3.05) is 52.4 Å². The Morgan fingerprint density at radius 2 is 1.22 bits per heavy atom. The molecule has 0 rings (SSSR count). The van der Waals surface area contributed by atoms with Crippen LogP contribution in [0.4, 0.5) is 0 Å². The molecule has 0 atom stereocenters. The monoisotopic (exact) mass is 389 g/mol. The smallest absolute Gasteiger partial charge is 0.300 e. The topological polar surface area (TPSA) is 129 Å². The van der Waals surface area contributed by atoms with Gasteiger partial charge in [-0.3, -0.25) is 9.59 Å². The average Bonchev–Trinajstić information content (AvgIpc) is 2.62. The minimum Gasteiger partial charge on any atom is -0.481 e. The van der Waals surface area contributed by atoms with Crippen molar-refractivity contribution in [2.45, 2.75) is 58.8 Å². The minimum absolute atomic E-state index is 0.186. The molecule has 0 aliphatic carbocycles. The normalized spacial score (nSPS) is 10.2. The number of carbonyl (C=O) groups is 2. The van der Waals surface area contributed by atoms with Crippen LogP contribution in [0, 0.1) is 0 Å². The first-order chi connectivity index (χ1) is 13.0. The summed E-state index contributed by atoms with van der Waals surface area (Å²) >= 11 is 0. The summed E-state index contributed by atoms with van der Waals surface area (Å²) in [5.74, 6) is -0.647. The molecular formula is C19H43N5O3. The molecular weight excluding hydrogens is 346 g/mol. The van der Waals surface area contributed by atoms with Crippen molar-refractivity contribution in [1.29, 1.82) is 0 Å². The second-order valence-electron chi connectivity index (χ2n) is 6.43. The Bertz CT molecular complexity index is 326. The van der Waals surface area contributed by atoms with E-state index in [0.29, 0.717) is 19.5 Å². The van der Waals surface area contributed by atoms with Crippen LogP contribution in [0.15, 0.2) is 0 Å². The maximum Gasteiger partial charge on any atom is 0.300 e. The number of hydrogen-bond donors (Lipinski definition) is 6. The maximum absolute atomic E-state index is 11.6. The first-order valence-corrected chi connectivity index (χ1v) is 10.3. The van der Waals surface area contributed by atoms with E-state index in [1.165, 1.54) is 32.1 Å². The van der Waals surface area contributed by atoms with Crippen LogP contribution in [0.25, 0.3) is 0 Å². The fourth-order valence-corrected chi connectivity index (χ4v) is 2.28. The highest BCUT2D eigenvalue weighted by atomic mass is 16.4. The van der Waals surface area contributed by atoms with E-state index in [4.69, 9.17) is 15.6 Å². The average molecular weight is 390 g/mol. The van der Waals surface area contributed by atoms with Gasteiger partial charge in [0.25, 0.3) is 5.97 Å². The van der Waals surface area contributed by atoms with Gasteiger partial charge in [0.15, 0.2) is 0 Å². The molecule has 27 heavy (non-hydrogen) atoms. The Kier molecular flexibility index (Phi) is 25.7. The molecule has 0 saturated carbocycles. The van der Waals surface area contributed by atoms with Crippen LogP contribution in [-0.4, -0.2) is 69.3 Å². The van der Waals surface area contributed by atoms with Crippen molar-refractivity contribution in [2.24, 2.45) is 5.73 Å². The van der Waals surface area contributed by atoms with Crippen molar-refractivity contribution in [3.8, 4) is 0 Å². The molecule has 0 fully saturated rings. The number of rotatable bonds is 18. The molecule has 0 aliphatic rings. The molecule has 0 bridgehead atoms. The van der Waals surface area contributed by atoms with Crippen LogP contribution < -0.4 is 27.0 Å². The largest absolute Gasteiger partial charge is 0.481 e. The summed E-state index contributed by atoms with van der Waals surface area (Å²) in [5.41, 5.74) is 5.39. The summed E-state index contributed by atoms with van der Waals surface area (Å²) in [5, 5.41) is 20.3. The molecule has 0 aromatic carbocycles. The highest BCUT2D eigenvalue weighted by Gasteiger charge is 2.00. The van der Waals surface area contributed by atoms with Crippen LogP contribution in [0.2, 0.25) is 0 Å². The van der Waals surface area contributed by atoms with Gasteiger partial charge in [0.05, 0.1) is 0 Å². The number of hydrogen-bond acceptors (Lipinski definition) is 6. The van der Waals surface area contributed by atoms with Crippen LogP contribution in [0.1, 0.15) is 58.8 Å². The van der Waals surface area contributed by atoms with Gasteiger partial charge < -0.3 is 32.1 Å². The number of carbonyl (C=O) groups excluding carboxylic acids is 1. The third kappa shape index (κ3) is 32.9. The van der Waals surface area contributed by atoms with E-state index in [1.54, 1.807) is 0 Å². The van der Waals surface area contributed by atoms with E-state index in [2.05, 4.69) is 28.2 Å². The summed E-state index contributed by atoms with van der Waals surface area (Å²) in [7, 11) is 0. The Morgan fingerprint density at radius 1 is 0.778 bits per heavy atom. The number of aliphatic carboxylic acids is 1. The van der Waals surface area contributed by atoms with Gasteiger partial charge in [-0.2, -0.15) is 0 Å². The number of carboxylic acids is 1. The summed E-state index contributed by atoms with van der Waals surface area (Å²) < 4.78 is 0. The SMILES string of the molecule is CC(=O)O.CCCCCCCCC(=O)NCCNCCNCCNCCN. The number of carboxylic acid groups (broad SMARTS) is 1. The molecule has 0 aromatic rings. The minimum atomic E-state index is -0.833. The van der Waals surface area contributed by atoms with E-state index in [0.717, 1.165) is 52.6 Å². The third-order valence-electron chi connectivity index (χ3n) is 3.66. The fourth-order valence-electron chi connectivity index (χ4n) is 2.28. The molecule has 0 heterocycles. The van der Waals surface area contributed by atoms with Gasteiger partial charge >= 0.3 is 0 Å². The Labute approximate surface area is 165 Å². The lowest BCUT2D eigenvalue weighted by Crippen LogP contribution is -2.36. The molecule has 0 aromatic heterocycles. The van der Waals surface area contributed by atoms with Gasteiger partial charge in [0, 0.05) is 65.7 Å². The zero-order valence-corrected chi connectivity index (χ0v) is 17.4. The van der Waals surface area contributed by atoms with Crippen LogP contribution in [0.5, 0.6) is 0 Å². The standard InChI is InChI=1S/C17H39N5O.C2H4O2/c1-2-3-4-5-6-7-8-17(23)22-16-15-21-14-13-20-12-11-19-10-9-18;1-2(3)4/h19-21H,2-16,18H2,1H3,(H,22,23);1H3,(H,3,4). The Morgan fingerprint density at radius 3 is 1.74 bits per heavy atom. The molecule has 7 N–H and O–H groups in total. The van der Waals surface area contributed by atoms with E-state index in [-0.39, 0.29) is 5.91 Å². The number of unbranched alkanes of at least 4 members (excludes halogenated alkanes) is 5. The summed E-state index contributed by atoms with van der Waals surface area (Å²) in [4.78, 5) is 20.6. The fraction of sp³-hybridized carbons (Fsp3) is 0.895. The quantitative estimate of drug-likeness (QED) is 0.190. The highest BCUT2D eigenvalue weighted by Crippen LogP contribution is 2.06. The molecule has 0 saturated heterocycles. The van der Waals surface area contributed by atoms with Crippen molar-refractivity contribution >= 4 is 11.9 Å². The van der Waals surface area contributed by atoms with Crippen molar-refractivity contribution < 1.29 is 14.7 Å². The van der Waals surface area contributed by atoms with E-state index >= 15 is 0 Å². The molecule has 0 unspecified atom stereocenters. The number of nitrogens with two attached hydrogens (primary N) is 1. The first-order valence-electron chi connectivity index (χ1n) is 10.3. The molecule has 1 amide bonds. The van der Waals surface area contributed by atoms with Gasteiger partial charge in [-0.1, -0.05) is 39.0 Å². The molecule has 8 nitrogen and oxygen atoms in total. The van der Waals surface area contributed by atoms with Crippen molar-refractivity contribution in [3.63, 3.8) is 0 Å². The van der Waals surface area contributed by atoms with Crippen molar-refractivity contribution in [1.82, 2.24) is 21.3 Å². The zero-order valence-electron chi connectivity index (χ0n) is 17.4. The second-order valence-corrected chi connectivity index (χ2v) is 6.43. The van der Waals surface area contributed by atoms with E-state index in [1.807, 2.05) is 0 Å². The second kappa shape index (κ2) is 24.8. The van der Waals surface area contributed by atoms with Crippen LogP contribution in [-0.2, 0) is 9.59 Å². The van der Waals surface area contributed by atoms with Gasteiger partial charge in [-0.15, -0.1) is 0 Å². The third-order valence-corrected chi connectivity index (χ3v) is 3.66. The Balaban J connectivity index is 0. The van der Waals surface area contributed by atoms with Gasteiger partial charge in [-0.25, -0.2) is 0 Å². The zero-order chi connectivity index (χ0) is 20.6. The summed E-state index contributed by atoms with van der Waals surface area (Å²) in [6.07, 6.45) is 8.02. The maximum atomic E-state index is 11.6.